The predicted molar refractivity (Wildman–Crippen MR) is 114 cm³/mol. The fraction of sp³-hybridized carbons (Fsp3) is 0.565. The van der Waals surface area contributed by atoms with Crippen molar-refractivity contribution in [2.45, 2.75) is 64.6 Å². The Morgan fingerprint density at radius 2 is 1.94 bits per heavy atom. The van der Waals surface area contributed by atoms with E-state index in [0.29, 0.717) is 13.0 Å². The summed E-state index contributed by atoms with van der Waals surface area (Å²) in [5.41, 5.74) is 0.0531. The first kappa shape index (κ1) is 22.8. The number of ether oxygens (including phenoxy) is 1. The Balaban J connectivity index is 1.56. The van der Waals surface area contributed by atoms with E-state index in [2.05, 4.69) is 5.32 Å². The van der Waals surface area contributed by atoms with Crippen molar-refractivity contribution in [2.75, 3.05) is 13.2 Å². The Bertz CT molecular complexity index is 841. The third kappa shape index (κ3) is 4.89. The van der Waals surface area contributed by atoms with Gasteiger partial charge in [-0.15, -0.1) is 0 Å². The molecule has 0 aromatic heterocycles. The molecule has 3 rings (SSSR count). The molecule has 4 amide bonds. The average Bonchev–Trinajstić information content (AvgIpc) is 2.98. The number of imide groups is 1. The highest BCUT2D eigenvalue weighted by atomic mass is 16.5. The number of amides is 4. The molecule has 1 aromatic rings. The first-order valence-electron chi connectivity index (χ1n) is 10.9. The van der Waals surface area contributed by atoms with Crippen LogP contribution in [0.3, 0.4) is 0 Å². The molecule has 31 heavy (non-hydrogen) atoms. The molecule has 168 valence electrons. The Morgan fingerprint density at radius 3 is 2.58 bits per heavy atom. The van der Waals surface area contributed by atoms with E-state index in [1.807, 2.05) is 51.1 Å². The molecule has 1 saturated carbocycles. The van der Waals surface area contributed by atoms with Gasteiger partial charge in [-0.25, -0.2) is 4.79 Å². The van der Waals surface area contributed by atoms with Crippen molar-refractivity contribution < 1.29 is 23.9 Å². The predicted octanol–water partition coefficient (Wildman–Crippen LogP) is 2.47. The summed E-state index contributed by atoms with van der Waals surface area (Å²) in [7, 11) is 0. The number of urea groups is 1. The van der Waals surface area contributed by atoms with Gasteiger partial charge in [-0.3, -0.25) is 19.3 Å². The van der Waals surface area contributed by atoms with Gasteiger partial charge in [-0.1, -0.05) is 50.1 Å². The highest BCUT2D eigenvalue weighted by molar-refractivity contribution is 6.09. The maximum Gasteiger partial charge on any atom is 0.326 e. The van der Waals surface area contributed by atoms with Crippen LogP contribution >= 0.6 is 0 Å². The molecule has 0 unspecified atom stereocenters. The van der Waals surface area contributed by atoms with Gasteiger partial charge in [0, 0.05) is 12.6 Å². The summed E-state index contributed by atoms with van der Waals surface area (Å²) >= 11 is 0. The molecule has 0 bridgehead atoms. The Hall–Kier alpha value is -2.90. The van der Waals surface area contributed by atoms with Crippen molar-refractivity contribution in [1.82, 2.24) is 15.1 Å². The van der Waals surface area contributed by atoms with Crippen LogP contribution in [0.15, 0.2) is 30.3 Å². The van der Waals surface area contributed by atoms with E-state index in [1.54, 1.807) is 4.90 Å². The number of benzene rings is 1. The summed E-state index contributed by atoms with van der Waals surface area (Å²) in [5, 5.41) is 2.80. The smallest absolute Gasteiger partial charge is 0.326 e. The minimum absolute atomic E-state index is 0.0119. The molecule has 1 aromatic carbocycles. The zero-order valence-electron chi connectivity index (χ0n) is 18.4. The topological polar surface area (TPSA) is 96.0 Å². The highest BCUT2D eigenvalue weighted by Gasteiger charge is 2.55. The van der Waals surface area contributed by atoms with Gasteiger partial charge < -0.3 is 15.0 Å². The second-order valence-electron chi connectivity index (χ2n) is 8.70. The summed E-state index contributed by atoms with van der Waals surface area (Å²) in [6, 6.07) is 8.90. The Morgan fingerprint density at radius 1 is 1.23 bits per heavy atom. The lowest BCUT2D eigenvalue weighted by atomic mass is 9.73. The minimum atomic E-state index is -0.921. The van der Waals surface area contributed by atoms with Crippen molar-refractivity contribution in [2.24, 2.45) is 5.92 Å². The van der Waals surface area contributed by atoms with E-state index in [0.717, 1.165) is 29.7 Å². The second-order valence-corrected chi connectivity index (χ2v) is 8.70. The molecule has 1 heterocycles. The van der Waals surface area contributed by atoms with Crippen LogP contribution in [0.5, 0.6) is 0 Å². The summed E-state index contributed by atoms with van der Waals surface area (Å²) in [5.74, 6) is -1.47. The van der Waals surface area contributed by atoms with Gasteiger partial charge in [-0.05, 0) is 38.2 Å². The van der Waals surface area contributed by atoms with Gasteiger partial charge in [0.25, 0.3) is 11.8 Å². The van der Waals surface area contributed by atoms with Gasteiger partial charge in [0.1, 0.15) is 12.1 Å². The van der Waals surface area contributed by atoms with E-state index in [-0.39, 0.29) is 23.8 Å². The number of esters is 1. The van der Waals surface area contributed by atoms with Crippen LogP contribution in [-0.2, 0) is 25.7 Å². The van der Waals surface area contributed by atoms with Gasteiger partial charge >= 0.3 is 12.0 Å². The summed E-state index contributed by atoms with van der Waals surface area (Å²) in [4.78, 5) is 52.8. The lowest BCUT2D eigenvalue weighted by molar-refractivity contribution is -0.155. The third-order valence-corrected chi connectivity index (χ3v) is 6.28. The fourth-order valence-corrected chi connectivity index (χ4v) is 4.38. The molecule has 2 aliphatic rings. The van der Waals surface area contributed by atoms with E-state index >= 15 is 0 Å². The van der Waals surface area contributed by atoms with Crippen LogP contribution in [0.25, 0.3) is 0 Å². The molecular weight excluding hydrogens is 398 g/mol. The third-order valence-electron chi connectivity index (χ3n) is 6.28. The molecule has 1 spiro atoms. The molecule has 2 atom stereocenters. The number of carbonyl (C=O) groups is 4. The standard InChI is InChI=1S/C23H31N3O5/c1-16(2)25(13-18-10-5-4-6-11-18)19(27)15-31-20(28)14-26-21(29)23(24-22(26)30)12-8-7-9-17(23)3/h4-6,10-11,16-17H,7-9,12-15H2,1-3H3,(H,24,30)/t17-,23-/m0/s1. The highest BCUT2D eigenvalue weighted by Crippen LogP contribution is 2.38. The molecule has 0 radical (unpaired) electrons. The fourth-order valence-electron chi connectivity index (χ4n) is 4.38. The second kappa shape index (κ2) is 9.49. The van der Waals surface area contributed by atoms with Gasteiger partial charge in [0.2, 0.25) is 0 Å². The number of hydrogen-bond donors (Lipinski definition) is 1. The van der Waals surface area contributed by atoms with E-state index < -0.39 is 30.7 Å². The maximum absolute atomic E-state index is 12.9. The number of nitrogens with one attached hydrogen (secondary N) is 1. The molecule has 8 heteroatoms. The van der Waals surface area contributed by atoms with Crippen molar-refractivity contribution in [3.63, 3.8) is 0 Å². The van der Waals surface area contributed by atoms with Crippen LogP contribution in [0, 0.1) is 5.92 Å². The van der Waals surface area contributed by atoms with Crippen molar-refractivity contribution in [3.05, 3.63) is 35.9 Å². The monoisotopic (exact) mass is 429 g/mol. The van der Waals surface area contributed by atoms with Crippen LogP contribution < -0.4 is 5.32 Å². The van der Waals surface area contributed by atoms with E-state index in [4.69, 9.17) is 4.74 Å². The number of hydrogen-bond acceptors (Lipinski definition) is 5. The zero-order chi connectivity index (χ0) is 22.6. The lowest BCUT2D eigenvalue weighted by Gasteiger charge is -2.36. The van der Waals surface area contributed by atoms with Crippen molar-refractivity contribution in [1.29, 1.82) is 0 Å². The molecule has 2 fully saturated rings. The average molecular weight is 430 g/mol. The SMILES string of the molecule is CC(C)N(Cc1ccccc1)C(=O)COC(=O)CN1C(=O)N[C@]2(CCCC[C@@H]2C)C1=O. The first-order chi connectivity index (χ1) is 14.7. The summed E-state index contributed by atoms with van der Waals surface area (Å²) in [6.07, 6.45) is 3.30. The van der Waals surface area contributed by atoms with Crippen LogP contribution in [-0.4, -0.2) is 58.3 Å². The molecule has 1 aliphatic heterocycles. The maximum atomic E-state index is 12.9. The normalized spacial score (nSPS) is 23.2. The van der Waals surface area contributed by atoms with Crippen LogP contribution in [0.4, 0.5) is 4.79 Å². The molecule has 8 nitrogen and oxygen atoms in total. The first-order valence-corrected chi connectivity index (χ1v) is 10.9. The number of carbonyl (C=O) groups excluding carboxylic acids is 4. The van der Waals surface area contributed by atoms with Crippen LogP contribution in [0.1, 0.15) is 52.0 Å². The molecular formula is C23H31N3O5. The van der Waals surface area contributed by atoms with Crippen molar-refractivity contribution >= 4 is 23.8 Å². The van der Waals surface area contributed by atoms with E-state index in [9.17, 15) is 19.2 Å². The Kier molecular flexibility index (Phi) is 6.97. The number of rotatable bonds is 7. The molecule has 1 N–H and O–H groups in total. The van der Waals surface area contributed by atoms with Crippen molar-refractivity contribution in [3.8, 4) is 0 Å². The van der Waals surface area contributed by atoms with Gasteiger partial charge in [0.05, 0.1) is 0 Å². The zero-order valence-corrected chi connectivity index (χ0v) is 18.4. The van der Waals surface area contributed by atoms with Gasteiger partial charge in [-0.2, -0.15) is 0 Å². The molecule has 1 aliphatic carbocycles. The quantitative estimate of drug-likeness (QED) is 0.531. The van der Waals surface area contributed by atoms with Crippen LogP contribution in [0.2, 0.25) is 0 Å². The van der Waals surface area contributed by atoms with E-state index in [1.165, 1.54) is 0 Å². The Labute approximate surface area is 182 Å². The summed E-state index contributed by atoms with van der Waals surface area (Å²) in [6.45, 7) is 5.20. The summed E-state index contributed by atoms with van der Waals surface area (Å²) < 4.78 is 5.13. The number of nitrogens with zero attached hydrogens (tertiary/aromatic N) is 2. The largest absolute Gasteiger partial charge is 0.454 e. The minimum Gasteiger partial charge on any atom is -0.454 e. The van der Waals surface area contributed by atoms with Gasteiger partial charge in [0.15, 0.2) is 6.61 Å². The lowest BCUT2D eigenvalue weighted by Crippen LogP contribution is -2.54. The molecule has 1 saturated heterocycles.